The van der Waals surface area contributed by atoms with Gasteiger partial charge in [-0.25, -0.2) is 4.98 Å². The van der Waals surface area contributed by atoms with Crippen LogP contribution in [0.2, 0.25) is 0 Å². The summed E-state index contributed by atoms with van der Waals surface area (Å²) in [6.45, 7) is 0. The number of benzene rings is 6. The van der Waals surface area contributed by atoms with Gasteiger partial charge in [0.15, 0.2) is 11.6 Å². The maximum Gasteiger partial charge on any atom is 0.238 e. The van der Waals surface area contributed by atoms with Crippen LogP contribution in [-0.4, -0.2) is 24.5 Å². The Morgan fingerprint density at radius 3 is 2.20 bits per heavy atom. The molecule has 51 heavy (non-hydrogen) atoms. The van der Waals surface area contributed by atoms with Gasteiger partial charge in [0.05, 0.1) is 11.0 Å². The second-order valence-electron chi connectivity index (χ2n) is 12.7. The van der Waals surface area contributed by atoms with E-state index in [9.17, 15) is 0 Å². The summed E-state index contributed by atoms with van der Waals surface area (Å²) in [6, 6.07) is 48.5. The average Bonchev–Trinajstić information content (AvgIpc) is 3.87. The summed E-state index contributed by atoms with van der Waals surface area (Å²) in [6.07, 6.45) is 3.59. The molecule has 0 unspecified atom stereocenters. The predicted octanol–water partition coefficient (Wildman–Crippen LogP) is 11.6. The normalized spacial score (nSPS) is 11.9. The van der Waals surface area contributed by atoms with Gasteiger partial charge in [-0.15, -0.1) is 11.3 Å². The van der Waals surface area contributed by atoms with E-state index in [2.05, 4.69) is 94.5 Å². The Labute approximate surface area is 294 Å². The first kappa shape index (κ1) is 28.2. The van der Waals surface area contributed by atoms with E-state index >= 15 is 0 Å². The molecule has 0 fully saturated rings. The SMILES string of the molecule is c1ccc(-c2nc(-c3cccc4oc5ccncc5c34)nc(-n3c4ccccc4c4c(-c5ccc6c(c5)sc5ccccc56)cccc43)n2)cc1. The standard InChI is InChI=1S/C44H25N5OS/c1-2-10-26(11-3-1)42-46-43(32-15-9-18-37-41(32)33-25-45-23-22-36(33)50-37)48-44(47-42)49-34-16-6-4-13-31(34)40-28(14-8-17-35(40)49)27-20-21-30-29-12-5-7-19-38(29)51-39(30)24-27/h1-25H. The van der Waals surface area contributed by atoms with Gasteiger partial charge in [0, 0.05) is 65.2 Å². The van der Waals surface area contributed by atoms with Crippen molar-refractivity contribution in [2.24, 2.45) is 0 Å². The lowest BCUT2D eigenvalue weighted by atomic mass is 9.98. The topological polar surface area (TPSA) is 69.6 Å². The number of thiophene rings is 1. The smallest absolute Gasteiger partial charge is 0.238 e. The summed E-state index contributed by atoms with van der Waals surface area (Å²) in [5.74, 6) is 1.70. The summed E-state index contributed by atoms with van der Waals surface area (Å²) in [4.78, 5) is 19.9. The molecule has 0 saturated heterocycles. The van der Waals surface area contributed by atoms with Gasteiger partial charge in [0.1, 0.15) is 11.2 Å². The summed E-state index contributed by atoms with van der Waals surface area (Å²) in [5.41, 5.74) is 7.69. The van der Waals surface area contributed by atoms with Crippen molar-refractivity contribution in [3.8, 4) is 39.9 Å². The number of rotatable bonds is 4. The third-order valence-electron chi connectivity index (χ3n) is 9.78. The van der Waals surface area contributed by atoms with Crippen molar-refractivity contribution < 1.29 is 4.42 Å². The Hall–Kier alpha value is -6.70. The Bertz CT molecular complexity index is 3160. The maximum atomic E-state index is 6.23. The number of nitrogens with zero attached hydrogens (tertiary/aromatic N) is 5. The van der Waals surface area contributed by atoms with Crippen LogP contribution in [0, 0.1) is 0 Å². The molecule has 0 amide bonds. The van der Waals surface area contributed by atoms with E-state index in [0.717, 1.165) is 54.9 Å². The van der Waals surface area contributed by atoms with Crippen molar-refractivity contribution in [1.82, 2.24) is 24.5 Å². The molecule has 6 nitrogen and oxygen atoms in total. The number of aromatic nitrogens is 5. The van der Waals surface area contributed by atoms with Crippen molar-refractivity contribution in [2.75, 3.05) is 0 Å². The Balaban J connectivity index is 1.19. The first-order valence-electron chi connectivity index (χ1n) is 16.8. The lowest BCUT2D eigenvalue weighted by Crippen LogP contribution is -2.06. The molecule has 11 aromatic rings. The summed E-state index contributed by atoms with van der Waals surface area (Å²) in [5, 5.41) is 6.73. The van der Waals surface area contributed by atoms with Gasteiger partial charge in [-0.1, -0.05) is 103 Å². The van der Waals surface area contributed by atoms with Gasteiger partial charge < -0.3 is 4.42 Å². The molecule has 6 aromatic carbocycles. The number of hydrogen-bond acceptors (Lipinski definition) is 6. The van der Waals surface area contributed by atoms with Crippen molar-refractivity contribution >= 4 is 75.3 Å². The van der Waals surface area contributed by atoms with E-state index in [1.54, 1.807) is 6.20 Å². The Morgan fingerprint density at radius 1 is 0.490 bits per heavy atom. The molecular weight excluding hydrogens is 647 g/mol. The molecule has 7 heteroatoms. The van der Waals surface area contributed by atoms with Crippen LogP contribution >= 0.6 is 11.3 Å². The van der Waals surface area contributed by atoms with Crippen LogP contribution < -0.4 is 0 Å². The minimum Gasteiger partial charge on any atom is -0.456 e. The number of furan rings is 1. The van der Waals surface area contributed by atoms with Crippen molar-refractivity contribution in [3.05, 3.63) is 152 Å². The lowest BCUT2D eigenvalue weighted by molar-refractivity contribution is 0.668. The minimum atomic E-state index is 0.546. The average molecular weight is 672 g/mol. The lowest BCUT2D eigenvalue weighted by Gasteiger charge is -2.11. The monoisotopic (exact) mass is 671 g/mol. The highest BCUT2D eigenvalue weighted by atomic mass is 32.1. The van der Waals surface area contributed by atoms with Gasteiger partial charge >= 0.3 is 0 Å². The third kappa shape index (κ3) is 4.28. The number of hydrogen-bond donors (Lipinski definition) is 0. The molecular formula is C44H25N5OS. The highest BCUT2D eigenvalue weighted by Crippen LogP contribution is 2.42. The van der Waals surface area contributed by atoms with Crippen molar-refractivity contribution in [3.63, 3.8) is 0 Å². The zero-order valence-corrected chi connectivity index (χ0v) is 27.8. The highest BCUT2D eigenvalue weighted by Gasteiger charge is 2.22. The Kier molecular flexibility index (Phi) is 6.02. The van der Waals surface area contributed by atoms with E-state index < -0.39 is 0 Å². The van der Waals surface area contributed by atoms with Gasteiger partial charge in [-0.3, -0.25) is 9.55 Å². The van der Waals surface area contributed by atoms with Gasteiger partial charge in [0.25, 0.3) is 0 Å². The molecule has 5 heterocycles. The van der Waals surface area contributed by atoms with Crippen molar-refractivity contribution in [2.45, 2.75) is 0 Å². The van der Waals surface area contributed by atoms with Gasteiger partial charge in [-0.2, -0.15) is 9.97 Å². The van der Waals surface area contributed by atoms with E-state index in [4.69, 9.17) is 19.4 Å². The first-order valence-corrected chi connectivity index (χ1v) is 17.6. The van der Waals surface area contributed by atoms with Crippen molar-refractivity contribution in [1.29, 1.82) is 0 Å². The van der Waals surface area contributed by atoms with Gasteiger partial charge in [0.2, 0.25) is 5.95 Å². The zero-order valence-electron chi connectivity index (χ0n) is 27.0. The van der Waals surface area contributed by atoms with E-state index in [0.29, 0.717) is 17.6 Å². The molecule has 0 spiro atoms. The molecule has 0 aliphatic carbocycles. The van der Waals surface area contributed by atoms with Crippen LogP contribution in [0.1, 0.15) is 0 Å². The molecule has 0 bridgehead atoms. The fourth-order valence-corrected chi connectivity index (χ4v) is 8.67. The van der Waals surface area contributed by atoms with Gasteiger partial charge in [-0.05, 0) is 47.5 Å². The number of para-hydroxylation sites is 1. The number of fused-ring (bicyclic) bond motifs is 9. The maximum absolute atomic E-state index is 6.23. The Morgan fingerprint density at radius 2 is 1.25 bits per heavy atom. The molecule has 0 radical (unpaired) electrons. The fourth-order valence-electron chi connectivity index (χ4n) is 7.53. The number of pyridine rings is 1. The second-order valence-corrected chi connectivity index (χ2v) is 13.7. The van der Waals surface area contributed by atoms with Crippen LogP contribution in [-0.2, 0) is 0 Å². The van der Waals surface area contributed by atoms with E-state index in [1.807, 2.05) is 72.1 Å². The van der Waals surface area contributed by atoms with Crippen LogP contribution in [0.15, 0.2) is 156 Å². The molecule has 5 aromatic heterocycles. The molecule has 11 rings (SSSR count). The summed E-state index contributed by atoms with van der Waals surface area (Å²) in [7, 11) is 0. The molecule has 0 aliphatic rings. The van der Waals surface area contributed by atoms with Crippen LogP contribution in [0.3, 0.4) is 0 Å². The van der Waals surface area contributed by atoms with Crippen LogP contribution in [0.4, 0.5) is 0 Å². The quantitative estimate of drug-likeness (QED) is 0.186. The first-order chi connectivity index (χ1) is 25.3. The van der Waals surface area contributed by atoms with E-state index in [1.165, 1.54) is 31.3 Å². The molecule has 238 valence electrons. The molecule has 0 atom stereocenters. The largest absolute Gasteiger partial charge is 0.456 e. The zero-order chi connectivity index (χ0) is 33.5. The molecule has 0 N–H and O–H groups in total. The van der Waals surface area contributed by atoms with E-state index in [-0.39, 0.29) is 0 Å². The highest BCUT2D eigenvalue weighted by molar-refractivity contribution is 7.25. The molecule has 0 saturated carbocycles. The second kappa shape index (κ2) is 10.9. The molecule has 0 aliphatic heterocycles. The summed E-state index contributed by atoms with van der Waals surface area (Å²) < 4.78 is 11.0. The fraction of sp³-hybridized carbons (Fsp3) is 0. The predicted molar refractivity (Wildman–Crippen MR) is 208 cm³/mol. The minimum absolute atomic E-state index is 0.546. The van der Waals surface area contributed by atoms with Crippen LogP contribution in [0.25, 0.3) is 104 Å². The summed E-state index contributed by atoms with van der Waals surface area (Å²) >= 11 is 1.84. The van der Waals surface area contributed by atoms with Crippen LogP contribution in [0.5, 0.6) is 0 Å². The third-order valence-corrected chi connectivity index (χ3v) is 10.9.